The van der Waals surface area contributed by atoms with Crippen molar-refractivity contribution in [2.75, 3.05) is 25.4 Å². The van der Waals surface area contributed by atoms with Gasteiger partial charge in [-0.3, -0.25) is 19.2 Å². The van der Waals surface area contributed by atoms with Crippen LogP contribution in [0.15, 0.2) is 24.3 Å². The molecule has 0 saturated heterocycles. The molecule has 0 aliphatic heterocycles. The molecule has 14 N–H and O–H groups in total. The van der Waals surface area contributed by atoms with Crippen molar-refractivity contribution in [2.45, 2.75) is 68.7 Å². The Balaban J connectivity index is 2.94. The van der Waals surface area contributed by atoms with E-state index in [9.17, 15) is 34.2 Å². The molecule has 1 aromatic rings. The van der Waals surface area contributed by atoms with Crippen LogP contribution in [0, 0.1) is 0 Å². The van der Waals surface area contributed by atoms with Crippen LogP contribution in [0.5, 0.6) is 5.75 Å². The monoisotopic (exact) mass is 612 g/mol. The topological polar surface area (TPSA) is 278 Å². The van der Waals surface area contributed by atoms with Crippen LogP contribution in [0.2, 0.25) is 0 Å². The van der Waals surface area contributed by atoms with Crippen molar-refractivity contribution >= 4 is 42.2 Å². The number of amides is 4. The molecular weight excluding hydrogens is 568 g/mol. The Bertz CT molecular complexity index is 1030. The van der Waals surface area contributed by atoms with E-state index in [0.717, 1.165) is 0 Å². The van der Waals surface area contributed by atoms with Crippen molar-refractivity contribution < 1.29 is 34.2 Å². The molecule has 0 radical (unpaired) electrons. The summed E-state index contributed by atoms with van der Waals surface area (Å²) < 4.78 is 0. The fourth-order valence-corrected chi connectivity index (χ4v) is 4.12. The summed E-state index contributed by atoms with van der Waals surface area (Å²) in [6.07, 6.45) is 1.50. The molecule has 0 aromatic heterocycles. The number of hydrogen-bond donors (Lipinski definition) is 11. The molecule has 0 bridgehead atoms. The molecule has 1 aromatic carbocycles. The van der Waals surface area contributed by atoms with Gasteiger partial charge in [-0.15, -0.1) is 0 Å². The van der Waals surface area contributed by atoms with Crippen LogP contribution < -0.4 is 44.2 Å². The van der Waals surface area contributed by atoms with Gasteiger partial charge in [-0.05, 0) is 69.4 Å². The average molecular weight is 613 g/mol. The summed E-state index contributed by atoms with van der Waals surface area (Å²) in [6, 6.07) is 0.153. The van der Waals surface area contributed by atoms with Crippen LogP contribution >= 0.6 is 12.6 Å². The number of carboxylic acid groups (broad SMARTS) is 1. The number of carbonyl (C=O) groups excluding carboxylic acids is 4. The Morgan fingerprint density at radius 2 is 1.19 bits per heavy atom. The number of aliphatic carboxylic acids is 1. The molecule has 42 heavy (non-hydrogen) atoms. The summed E-state index contributed by atoms with van der Waals surface area (Å²) in [7, 11) is 0. The Kier molecular flexibility index (Phi) is 17.1. The second kappa shape index (κ2) is 19.6. The van der Waals surface area contributed by atoms with E-state index in [1.54, 1.807) is 0 Å². The molecule has 0 spiro atoms. The summed E-state index contributed by atoms with van der Waals surface area (Å²) >= 11 is 4.12. The smallest absolute Gasteiger partial charge is 0.326 e. The first kappa shape index (κ1) is 36.6. The van der Waals surface area contributed by atoms with Gasteiger partial charge in [0.25, 0.3) is 0 Å². The van der Waals surface area contributed by atoms with Gasteiger partial charge < -0.3 is 54.4 Å². The van der Waals surface area contributed by atoms with Gasteiger partial charge in [0, 0.05) is 12.2 Å². The third-order valence-electron chi connectivity index (χ3n) is 6.29. The number of benzene rings is 1. The van der Waals surface area contributed by atoms with E-state index in [0.29, 0.717) is 24.9 Å². The molecule has 236 valence electrons. The lowest BCUT2D eigenvalue weighted by atomic mass is 10.0. The summed E-state index contributed by atoms with van der Waals surface area (Å²) in [5, 5.41) is 29.1. The van der Waals surface area contributed by atoms with Crippen LogP contribution in [0.4, 0.5) is 0 Å². The fraction of sp³-hybridized carbons (Fsp3) is 0.577. The fourth-order valence-electron chi connectivity index (χ4n) is 3.87. The zero-order valence-corrected chi connectivity index (χ0v) is 24.4. The summed E-state index contributed by atoms with van der Waals surface area (Å²) in [5.41, 5.74) is 23.0. The molecule has 15 nitrogen and oxygen atoms in total. The largest absolute Gasteiger partial charge is 0.508 e. The van der Waals surface area contributed by atoms with Crippen LogP contribution in [-0.2, 0) is 30.4 Å². The molecule has 0 heterocycles. The van der Waals surface area contributed by atoms with E-state index in [-0.39, 0.29) is 50.3 Å². The second-order valence-corrected chi connectivity index (χ2v) is 10.0. The van der Waals surface area contributed by atoms with Crippen molar-refractivity contribution in [1.82, 2.24) is 21.3 Å². The van der Waals surface area contributed by atoms with Gasteiger partial charge in [0.2, 0.25) is 23.6 Å². The lowest BCUT2D eigenvalue weighted by Gasteiger charge is -2.26. The second-order valence-electron chi connectivity index (χ2n) is 9.68. The number of unbranched alkanes of at least 4 members (excludes halogenated alkanes) is 1. The predicted octanol–water partition coefficient (Wildman–Crippen LogP) is -2.96. The lowest BCUT2D eigenvalue weighted by Crippen LogP contribution is -2.59. The number of phenols is 1. The normalized spacial score (nSPS) is 14.5. The summed E-state index contributed by atoms with van der Waals surface area (Å²) in [5.74, 6) is -4.25. The van der Waals surface area contributed by atoms with Crippen LogP contribution in [0.25, 0.3) is 0 Å². The minimum absolute atomic E-state index is 0.00562. The molecule has 0 fully saturated rings. The van der Waals surface area contributed by atoms with Gasteiger partial charge in [0.1, 0.15) is 29.9 Å². The van der Waals surface area contributed by atoms with E-state index < -0.39 is 59.8 Å². The number of phenolic OH excluding ortho intramolecular Hbond substituents is 1. The van der Waals surface area contributed by atoms with E-state index in [4.69, 9.17) is 22.9 Å². The molecule has 4 amide bonds. The van der Waals surface area contributed by atoms with Crippen LogP contribution in [0.1, 0.15) is 37.7 Å². The van der Waals surface area contributed by atoms with Gasteiger partial charge in [-0.2, -0.15) is 12.6 Å². The highest BCUT2D eigenvalue weighted by atomic mass is 32.1. The Labute approximate surface area is 250 Å². The Morgan fingerprint density at radius 1 is 0.690 bits per heavy atom. The number of carbonyl (C=O) groups is 5. The summed E-state index contributed by atoms with van der Waals surface area (Å²) in [6.45, 7) is 0.578. The SMILES string of the molecule is NCCCC[C@H](NC(=O)[C@@H](N)CCN)C(=O)N[C@@H](CCN)C(=O)N[C@@H](CS)C(=O)N[C@@H](Cc1ccc(O)cc1)C(=O)O. The number of rotatable bonds is 20. The number of aromatic hydroxyl groups is 1. The first-order valence-corrected chi connectivity index (χ1v) is 14.3. The standard InChI is InChI=1S/C26H44N8O7S/c27-10-2-1-3-18(31-22(36)17(30)8-11-28)23(37)32-19(9-12-29)24(38)34-21(14-42)25(39)33-20(26(40)41)13-15-4-6-16(35)7-5-15/h4-7,17-21,35,42H,1-3,8-14,27-30H2,(H,31,36)(H,32,37)(H,33,39)(H,34,38)(H,40,41)/t17-,18-,19-,20-,21-/m0/s1. The maximum Gasteiger partial charge on any atom is 0.326 e. The van der Waals surface area contributed by atoms with Gasteiger partial charge in [0.15, 0.2) is 0 Å². The third-order valence-corrected chi connectivity index (χ3v) is 6.65. The van der Waals surface area contributed by atoms with Gasteiger partial charge in [-0.25, -0.2) is 4.79 Å². The Hall–Kier alpha value is -3.44. The Morgan fingerprint density at radius 3 is 1.71 bits per heavy atom. The van der Waals surface area contributed by atoms with Crippen molar-refractivity contribution in [3.63, 3.8) is 0 Å². The molecule has 0 aliphatic rings. The van der Waals surface area contributed by atoms with Gasteiger partial charge >= 0.3 is 5.97 Å². The number of carboxylic acids is 1. The highest BCUT2D eigenvalue weighted by molar-refractivity contribution is 7.80. The number of nitrogens with two attached hydrogens (primary N) is 4. The van der Waals surface area contributed by atoms with E-state index in [1.165, 1.54) is 24.3 Å². The van der Waals surface area contributed by atoms with Crippen molar-refractivity contribution in [3.8, 4) is 5.75 Å². The predicted molar refractivity (Wildman–Crippen MR) is 159 cm³/mol. The molecular formula is C26H44N8O7S. The average Bonchev–Trinajstić information content (AvgIpc) is 2.95. The first-order chi connectivity index (χ1) is 20.0. The molecule has 1 rings (SSSR count). The number of thiol groups is 1. The van der Waals surface area contributed by atoms with Crippen molar-refractivity contribution in [3.05, 3.63) is 29.8 Å². The molecule has 16 heteroatoms. The zero-order valence-electron chi connectivity index (χ0n) is 23.5. The van der Waals surface area contributed by atoms with Crippen LogP contribution in [-0.4, -0.2) is 95.4 Å². The van der Waals surface area contributed by atoms with Gasteiger partial charge in [-0.1, -0.05) is 12.1 Å². The third kappa shape index (κ3) is 13.0. The van der Waals surface area contributed by atoms with Crippen LogP contribution in [0.3, 0.4) is 0 Å². The minimum atomic E-state index is -1.33. The maximum atomic E-state index is 13.1. The number of hydrogen-bond acceptors (Lipinski definition) is 11. The number of nitrogens with one attached hydrogen (secondary N) is 4. The van der Waals surface area contributed by atoms with Crippen molar-refractivity contribution in [2.24, 2.45) is 22.9 Å². The molecule has 5 atom stereocenters. The quantitative estimate of drug-likeness (QED) is 0.0523. The maximum absolute atomic E-state index is 13.1. The van der Waals surface area contributed by atoms with E-state index >= 15 is 0 Å². The van der Waals surface area contributed by atoms with Crippen molar-refractivity contribution in [1.29, 1.82) is 0 Å². The highest BCUT2D eigenvalue weighted by Crippen LogP contribution is 2.12. The van der Waals surface area contributed by atoms with E-state index in [2.05, 4.69) is 33.9 Å². The highest BCUT2D eigenvalue weighted by Gasteiger charge is 2.31. The minimum Gasteiger partial charge on any atom is -0.508 e. The first-order valence-electron chi connectivity index (χ1n) is 13.7. The van der Waals surface area contributed by atoms with Gasteiger partial charge in [0.05, 0.1) is 6.04 Å². The summed E-state index contributed by atoms with van der Waals surface area (Å²) in [4.78, 5) is 63.4. The molecule has 0 unspecified atom stereocenters. The van der Waals surface area contributed by atoms with E-state index in [1.807, 2.05) is 0 Å². The molecule has 0 aliphatic carbocycles. The molecule has 0 saturated carbocycles. The lowest BCUT2D eigenvalue weighted by molar-refractivity contribution is -0.142. The zero-order chi connectivity index (χ0) is 31.7.